The molecule has 1 saturated heterocycles. The molecule has 4 rings (SSSR count). The fraction of sp³-hybridized carbons (Fsp3) is 0.304. The first-order valence-corrected chi connectivity index (χ1v) is 11.8. The Morgan fingerprint density at radius 1 is 1.00 bits per heavy atom. The van der Waals surface area contributed by atoms with Crippen molar-refractivity contribution in [3.8, 4) is 11.5 Å². The minimum absolute atomic E-state index is 0.0923. The Kier molecular flexibility index (Phi) is 5.82. The number of benzene rings is 2. The largest absolute Gasteiger partial charge is 0.419 e. The molecule has 1 aliphatic heterocycles. The Labute approximate surface area is 182 Å². The van der Waals surface area contributed by atoms with E-state index in [1.807, 2.05) is 43.0 Å². The first-order valence-electron chi connectivity index (χ1n) is 10.3. The second-order valence-corrected chi connectivity index (χ2v) is 9.40. The van der Waals surface area contributed by atoms with Gasteiger partial charge in [0.15, 0.2) is 0 Å². The van der Waals surface area contributed by atoms with Crippen LogP contribution >= 0.6 is 0 Å². The molecule has 1 aromatic heterocycles. The smallest absolute Gasteiger partial charge is 0.236 e. The maximum Gasteiger partial charge on any atom is 0.236 e. The second-order valence-electron chi connectivity index (χ2n) is 7.53. The number of amides is 1. The number of aryl methyl sites for hydroxylation is 1. The molecule has 162 valence electrons. The first-order chi connectivity index (χ1) is 14.9. The number of rotatable bonds is 5. The molecule has 3 aromatic rings. The molecule has 0 saturated carbocycles. The molecule has 0 atom stereocenters. The maximum absolute atomic E-state index is 13.4. The zero-order valence-corrected chi connectivity index (χ0v) is 18.4. The van der Waals surface area contributed by atoms with E-state index in [0.29, 0.717) is 38.2 Å². The third-order valence-electron chi connectivity index (χ3n) is 5.41. The fourth-order valence-corrected chi connectivity index (χ4v) is 4.93. The Morgan fingerprint density at radius 3 is 2.26 bits per heavy atom. The number of nitrogens with zero attached hydrogens (tertiary/aromatic N) is 3. The van der Waals surface area contributed by atoms with Crippen LogP contribution in [0.5, 0.6) is 0 Å². The van der Waals surface area contributed by atoms with Crippen molar-refractivity contribution in [2.24, 2.45) is 0 Å². The number of carbonyl (C=O) groups is 1. The van der Waals surface area contributed by atoms with Crippen LogP contribution in [0.3, 0.4) is 0 Å². The van der Waals surface area contributed by atoms with Crippen LogP contribution in [0.2, 0.25) is 0 Å². The molecule has 0 bridgehead atoms. The summed E-state index contributed by atoms with van der Waals surface area (Å²) in [5.74, 6) is 0.578. The number of sulfone groups is 1. The molecule has 8 heteroatoms. The summed E-state index contributed by atoms with van der Waals surface area (Å²) in [6.45, 7) is 5.80. The highest BCUT2D eigenvalue weighted by molar-refractivity contribution is 7.91. The number of piperazine rings is 1. The van der Waals surface area contributed by atoms with Crippen molar-refractivity contribution in [2.45, 2.75) is 30.2 Å². The summed E-state index contributed by atoms with van der Waals surface area (Å²) in [5, 5.41) is -0.0930. The number of carbonyl (C=O) groups excluding carboxylic acids is 1. The average Bonchev–Trinajstić information content (AvgIpc) is 3.26. The molecule has 2 aromatic carbocycles. The van der Waals surface area contributed by atoms with E-state index >= 15 is 0 Å². The second kappa shape index (κ2) is 8.55. The van der Waals surface area contributed by atoms with Crippen LogP contribution < -0.4 is 4.90 Å². The van der Waals surface area contributed by atoms with Gasteiger partial charge in [-0.1, -0.05) is 42.8 Å². The molecule has 0 unspecified atom stereocenters. The first kappa shape index (κ1) is 21.1. The van der Waals surface area contributed by atoms with Crippen molar-refractivity contribution in [3.05, 3.63) is 60.2 Å². The van der Waals surface area contributed by atoms with E-state index in [1.165, 1.54) is 0 Å². The third-order valence-corrected chi connectivity index (χ3v) is 7.08. The van der Waals surface area contributed by atoms with Crippen LogP contribution in [-0.4, -0.2) is 50.4 Å². The van der Waals surface area contributed by atoms with Gasteiger partial charge in [-0.3, -0.25) is 4.79 Å². The van der Waals surface area contributed by atoms with Gasteiger partial charge < -0.3 is 14.2 Å². The van der Waals surface area contributed by atoms with Gasteiger partial charge in [0.05, 0.1) is 4.90 Å². The van der Waals surface area contributed by atoms with Crippen LogP contribution in [0.4, 0.5) is 5.88 Å². The fourth-order valence-electron chi connectivity index (χ4n) is 3.59. The normalized spacial score (nSPS) is 14.6. The summed E-state index contributed by atoms with van der Waals surface area (Å²) in [7, 11) is -3.88. The van der Waals surface area contributed by atoms with Crippen molar-refractivity contribution in [2.75, 3.05) is 31.1 Å². The summed E-state index contributed by atoms with van der Waals surface area (Å²) in [6.07, 6.45) is 0.452. The molecule has 0 N–H and O–H groups in total. The van der Waals surface area contributed by atoms with Gasteiger partial charge in [-0.2, -0.15) is 4.98 Å². The molecule has 0 spiro atoms. The van der Waals surface area contributed by atoms with Gasteiger partial charge in [-0.15, -0.1) is 0 Å². The topological polar surface area (TPSA) is 83.7 Å². The SMILES string of the molecule is CCC(=O)N1CCN(c2oc(-c3ccc(C)cc3)nc2S(=O)(=O)c2ccccc2)CC1. The van der Waals surface area contributed by atoms with Crippen molar-refractivity contribution < 1.29 is 17.6 Å². The predicted octanol–water partition coefficient (Wildman–Crippen LogP) is 3.54. The third kappa shape index (κ3) is 4.20. The molecule has 1 fully saturated rings. The number of oxazole rings is 1. The van der Waals surface area contributed by atoms with Crippen LogP contribution in [0.15, 0.2) is 68.9 Å². The predicted molar refractivity (Wildman–Crippen MR) is 118 cm³/mol. The quantitative estimate of drug-likeness (QED) is 0.605. The van der Waals surface area contributed by atoms with E-state index in [-0.39, 0.29) is 27.6 Å². The summed E-state index contributed by atoms with van der Waals surface area (Å²) < 4.78 is 32.8. The van der Waals surface area contributed by atoms with Crippen LogP contribution in [0.1, 0.15) is 18.9 Å². The monoisotopic (exact) mass is 439 g/mol. The minimum Gasteiger partial charge on any atom is -0.419 e. The average molecular weight is 440 g/mol. The summed E-state index contributed by atoms with van der Waals surface area (Å²) in [6, 6.07) is 15.8. The highest BCUT2D eigenvalue weighted by atomic mass is 32.2. The van der Waals surface area contributed by atoms with E-state index in [9.17, 15) is 13.2 Å². The van der Waals surface area contributed by atoms with Crippen molar-refractivity contribution in [1.82, 2.24) is 9.88 Å². The van der Waals surface area contributed by atoms with Crippen molar-refractivity contribution in [1.29, 1.82) is 0 Å². The summed E-state index contributed by atoms with van der Waals surface area (Å²) >= 11 is 0. The Balaban J connectivity index is 1.75. The lowest BCUT2D eigenvalue weighted by Crippen LogP contribution is -2.48. The molecule has 0 aliphatic carbocycles. The summed E-state index contributed by atoms with van der Waals surface area (Å²) in [4.78, 5) is 20.3. The maximum atomic E-state index is 13.4. The Morgan fingerprint density at radius 2 is 1.65 bits per heavy atom. The van der Waals surface area contributed by atoms with Crippen LogP contribution in [0, 0.1) is 6.92 Å². The van der Waals surface area contributed by atoms with Crippen LogP contribution in [-0.2, 0) is 14.6 Å². The number of anilines is 1. The molecule has 0 radical (unpaired) electrons. The Bertz CT molecular complexity index is 1160. The van der Waals surface area contributed by atoms with E-state index < -0.39 is 9.84 Å². The molecule has 31 heavy (non-hydrogen) atoms. The van der Waals surface area contributed by atoms with E-state index in [4.69, 9.17) is 4.42 Å². The molecular weight excluding hydrogens is 414 g/mol. The standard InChI is InChI=1S/C23H25N3O4S/c1-3-20(27)25-13-15-26(16-14-25)23-22(31(28,29)19-7-5-4-6-8-19)24-21(30-23)18-11-9-17(2)10-12-18/h4-12H,3,13-16H2,1-2H3. The zero-order valence-electron chi connectivity index (χ0n) is 17.6. The van der Waals surface area contributed by atoms with Gasteiger partial charge in [0, 0.05) is 38.2 Å². The molecule has 7 nitrogen and oxygen atoms in total. The van der Waals surface area contributed by atoms with Crippen molar-refractivity contribution in [3.63, 3.8) is 0 Å². The van der Waals surface area contributed by atoms with Gasteiger partial charge in [-0.25, -0.2) is 8.42 Å². The lowest BCUT2D eigenvalue weighted by molar-refractivity contribution is -0.131. The Hall–Kier alpha value is -3.13. The molecule has 1 aliphatic rings. The number of aromatic nitrogens is 1. The lowest BCUT2D eigenvalue weighted by atomic mass is 10.1. The number of hydrogen-bond donors (Lipinski definition) is 0. The molecular formula is C23H25N3O4S. The summed E-state index contributed by atoms with van der Waals surface area (Å²) in [5.41, 5.74) is 1.80. The van der Waals surface area contributed by atoms with E-state index in [0.717, 1.165) is 5.56 Å². The molecule has 2 heterocycles. The highest BCUT2D eigenvalue weighted by Crippen LogP contribution is 2.35. The van der Waals surface area contributed by atoms with E-state index in [2.05, 4.69) is 4.98 Å². The van der Waals surface area contributed by atoms with Gasteiger partial charge in [0.2, 0.25) is 32.5 Å². The number of hydrogen-bond acceptors (Lipinski definition) is 6. The van der Waals surface area contributed by atoms with E-state index in [1.54, 1.807) is 35.2 Å². The van der Waals surface area contributed by atoms with Gasteiger partial charge in [0.25, 0.3) is 0 Å². The zero-order chi connectivity index (χ0) is 22.0. The van der Waals surface area contributed by atoms with Gasteiger partial charge >= 0.3 is 0 Å². The molecule has 1 amide bonds. The van der Waals surface area contributed by atoms with Crippen LogP contribution in [0.25, 0.3) is 11.5 Å². The highest BCUT2D eigenvalue weighted by Gasteiger charge is 2.33. The van der Waals surface area contributed by atoms with Crippen molar-refractivity contribution >= 4 is 21.6 Å². The minimum atomic E-state index is -3.88. The van der Waals surface area contributed by atoms with Gasteiger partial charge in [0.1, 0.15) is 0 Å². The lowest BCUT2D eigenvalue weighted by Gasteiger charge is -2.34. The van der Waals surface area contributed by atoms with Gasteiger partial charge in [-0.05, 0) is 31.2 Å².